The minimum absolute atomic E-state index is 0.0841. The monoisotopic (exact) mass is 328 g/mol. The van der Waals surface area contributed by atoms with E-state index in [1.807, 2.05) is 0 Å². The van der Waals surface area contributed by atoms with Gasteiger partial charge in [-0.05, 0) is 46.5 Å². The van der Waals surface area contributed by atoms with Crippen molar-refractivity contribution in [2.75, 3.05) is 38.0 Å². The van der Waals surface area contributed by atoms with Gasteiger partial charge in [-0.2, -0.15) is 0 Å². The first kappa shape index (κ1) is 15.8. The molecule has 1 aliphatic rings. The molecule has 126 valence electrons. The number of rotatable bonds is 4. The molecule has 0 atom stereocenters. The predicted molar refractivity (Wildman–Crippen MR) is 107 cm³/mol. The minimum Gasteiger partial charge on any atom is -0.378 e. The molecular weight excluding hydrogens is 304 g/mol. The Labute approximate surface area is 150 Å². The number of hydrogen-bond donors (Lipinski definition) is 0. The molecular formula is C23H24N2. The number of hydrogen-bond acceptors (Lipinski definition) is 2. The molecule has 0 amide bonds. The van der Waals surface area contributed by atoms with Crippen LogP contribution in [-0.4, -0.2) is 28.2 Å². The first-order valence-electron chi connectivity index (χ1n) is 8.71. The van der Waals surface area contributed by atoms with Gasteiger partial charge < -0.3 is 9.80 Å². The number of nitrogens with zero attached hydrogens (tertiary/aromatic N) is 2. The third-order valence-corrected chi connectivity index (χ3v) is 5.31. The predicted octanol–water partition coefficient (Wildman–Crippen LogP) is 4.51. The van der Waals surface area contributed by atoms with Gasteiger partial charge in [-0.25, -0.2) is 0 Å². The van der Waals surface area contributed by atoms with Gasteiger partial charge in [-0.15, -0.1) is 0 Å². The van der Waals surface area contributed by atoms with Crippen LogP contribution in [0.1, 0.15) is 22.3 Å². The summed E-state index contributed by atoms with van der Waals surface area (Å²) < 4.78 is 0. The lowest BCUT2D eigenvalue weighted by atomic mass is 9.83. The Kier molecular flexibility index (Phi) is 3.57. The van der Waals surface area contributed by atoms with Gasteiger partial charge in [0.2, 0.25) is 0 Å². The summed E-state index contributed by atoms with van der Waals surface area (Å²) in [6.07, 6.45) is 0. The molecule has 0 aromatic heterocycles. The molecule has 0 N–H and O–H groups in total. The summed E-state index contributed by atoms with van der Waals surface area (Å²) in [7, 11) is 8.32. The van der Waals surface area contributed by atoms with Crippen LogP contribution in [0.15, 0.2) is 72.8 Å². The highest BCUT2D eigenvalue weighted by Crippen LogP contribution is 2.59. The van der Waals surface area contributed by atoms with Crippen molar-refractivity contribution in [1.29, 1.82) is 0 Å². The van der Waals surface area contributed by atoms with Crippen LogP contribution >= 0.6 is 0 Å². The molecule has 1 aliphatic carbocycles. The van der Waals surface area contributed by atoms with Gasteiger partial charge in [-0.1, -0.05) is 48.5 Å². The van der Waals surface area contributed by atoms with E-state index in [2.05, 4.69) is 111 Å². The number of benzene rings is 3. The van der Waals surface area contributed by atoms with Crippen molar-refractivity contribution in [2.45, 2.75) is 5.41 Å². The maximum absolute atomic E-state index is 2.27. The first-order chi connectivity index (χ1) is 12.0. The van der Waals surface area contributed by atoms with Gasteiger partial charge >= 0.3 is 0 Å². The molecule has 3 aromatic rings. The zero-order valence-corrected chi connectivity index (χ0v) is 15.3. The molecule has 0 fully saturated rings. The topological polar surface area (TPSA) is 6.48 Å². The molecule has 0 aliphatic heterocycles. The van der Waals surface area contributed by atoms with Crippen molar-refractivity contribution in [3.63, 3.8) is 0 Å². The fraction of sp³-hybridized carbons (Fsp3) is 0.217. The molecule has 0 saturated carbocycles. The fourth-order valence-electron chi connectivity index (χ4n) is 3.86. The zero-order valence-electron chi connectivity index (χ0n) is 15.3. The summed E-state index contributed by atoms with van der Waals surface area (Å²) in [5, 5.41) is 0. The lowest BCUT2D eigenvalue weighted by Gasteiger charge is -2.21. The zero-order chi connectivity index (χ0) is 17.6. The Morgan fingerprint density at radius 3 is 1.20 bits per heavy atom. The van der Waals surface area contributed by atoms with Gasteiger partial charge in [0.05, 0.1) is 5.41 Å². The maximum atomic E-state index is 2.27. The number of anilines is 2. The molecule has 0 saturated heterocycles. The van der Waals surface area contributed by atoms with Gasteiger partial charge in [0.1, 0.15) is 0 Å². The van der Waals surface area contributed by atoms with E-state index in [4.69, 9.17) is 0 Å². The van der Waals surface area contributed by atoms with E-state index in [-0.39, 0.29) is 5.41 Å². The molecule has 0 heterocycles. The molecule has 0 spiro atoms. The maximum Gasteiger partial charge on any atom is 0.0708 e. The standard InChI is InChI=1S/C23H24N2/c1-24(2)19-13-9-17(10-14-19)23(21-7-5-6-8-22(21)23)18-11-15-20(16-12-18)25(3)4/h5-16H,1-4H3. The third kappa shape index (κ3) is 2.32. The molecule has 2 nitrogen and oxygen atoms in total. The van der Waals surface area contributed by atoms with Gasteiger partial charge in [0, 0.05) is 39.6 Å². The molecule has 4 rings (SSSR count). The average molecular weight is 328 g/mol. The van der Waals surface area contributed by atoms with E-state index in [1.165, 1.54) is 33.6 Å². The summed E-state index contributed by atoms with van der Waals surface area (Å²) in [6, 6.07) is 26.7. The minimum atomic E-state index is -0.0841. The van der Waals surface area contributed by atoms with Crippen LogP contribution in [0.4, 0.5) is 11.4 Å². The highest BCUT2D eigenvalue weighted by Gasteiger charge is 2.52. The summed E-state index contributed by atoms with van der Waals surface area (Å²) in [6.45, 7) is 0. The highest BCUT2D eigenvalue weighted by atomic mass is 15.1. The fourth-order valence-corrected chi connectivity index (χ4v) is 3.86. The van der Waals surface area contributed by atoms with E-state index in [0.717, 1.165) is 0 Å². The van der Waals surface area contributed by atoms with E-state index in [0.29, 0.717) is 0 Å². The van der Waals surface area contributed by atoms with Crippen molar-refractivity contribution >= 4 is 11.4 Å². The Bertz CT molecular complexity index is 814. The van der Waals surface area contributed by atoms with Gasteiger partial charge in [-0.3, -0.25) is 0 Å². The average Bonchev–Trinajstić information content (AvgIpc) is 3.32. The smallest absolute Gasteiger partial charge is 0.0708 e. The molecule has 25 heavy (non-hydrogen) atoms. The van der Waals surface area contributed by atoms with Crippen LogP contribution in [0.2, 0.25) is 0 Å². The molecule has 0 bridgehead atoms. The quantitative estimate of drug-likeness (QED) is 0.544. The van der Waals surface area contributed by atoms with Crippen LogP contribution in [-0.2, 0) is 5.41 Å². The lowest BCUT2D eigenvalue weighted by Crippen LogP contribution is -2.15. The SMILES string of the molecule is CN(C)c1ccc(C2(c3ccc(N(C)C)cc3)c3ccccc32)cc1. The Morgan fingerprint density at radius 1 is 0.520 bits per heavy atom. The van der Waals surface area contributed by atoms with Crippen molar-refractivity contribution in [1.82, 2.24) is 0 Å². The van der Waals surface area contributed by atoms with Crippen LogP contribution < -0.4 is 9.80 Å². The van der Waals surface area contributed by atoms with Gasteiger partial charge in [0.15, 0.2) is 0 Å². The van der Waals surface area contributed by atoms with Gasteiger partial charge in [0.25, 0.3) is 0 Å². The van der Waals surface area contributed by atoms with Crippen molar-refractivity contribution in [3.05, 3.63) is 95.1 Å². The Morgan fingerprint density at radius 2 is 0.880 bits per heavy atom. The van der Waals surface area contributed by atoms with E-state index >= 15 is 0 Å². The molecule has 2 heteroatoms. The molecule has 3 aromatic carbocycles. The summed E-state index contributed by atoms with van der Waals surface area (Å²) in [5.74, 6) is 0. The van der Waals surface area contributed by atoms with Crippen LogP contribution in [0.5, 0.6) is 0 Å². The van der Waals surface area contributed by atoms with E-state index in [1.54, 1.807) is 0 Å². The Balaban J connectivity index is 1.83. The van der Waals surface area contributed by atoms with Crippen LogP contribution in [0.3, 0.4) is 0 Å². The Hall–Kier alpha value is -2.74. The highest BCUT2D eigenvalue weighted by molar-refractivity contribution is 5.75. The largest absolute Gasteiger partial charge is 0.378 e. The molecule has 0 unspecified atom stereocenters. The van der Waals surface area contributed by atoms with Crippen molar-refractivity contribution in [2.24, 2.45) is 0 Å². The third-order valence-electron chi connectivity index (χ3n) is 5.31. The van der Waals surface area contributed by atoms with Crippen molar-refractivity contribution < 1.29 is 0 Å². The lowest BCUT2D eigenvalue weighted by molar-refractivity contribution is 0.911. The normalized spacial score (nSPS) is 13.9. The van der Waals surface area contributed by atoms with Crippen LogP contribution in [0.25, 0.3) is 0 Å². The summed E-state index contributed by atoms with van der Waals surface area (Å²) in [4.78, 5) is 4.28. The van der Waals surface area contributed by atoms with E-state index < -0.39 is 0 Å². The van der Waals surface area contributed by atoms with Crippen LogP contribution in [0, 0.1) is 0 Å². The summed E-state index contributed by atoms with van der Waals surface area (Å²) >= 11 is 0. The molecule has 0 radical (unpaired) electrons. The van der Waals surface area contributed by atoms with E-state index in [9.17, 15) is 0 Å². The second-order valence-electron chi connectivity index (χ2n) is 7.18. The first-order valence-corrected chi connectivity index (χ1v) is 8.71. The second kappa shape index (κ2) is 5.66. The number of fused-ring (bicyclic) bond motifs is 1. The second-order valence-corrected chi connectivity index (χ2v) is 7.18. The van der Waals surface area contributed by atoms with Crippen molar-refractivity contribution in [3.8, 4) is 0 Å². The summed E-state index contributed by atoms with van der Waals surface area (Å²) in [5.41, 5.74) is 7.90.